The molecule has 0 spiro atoms. The van der Waals surface area contributed by atoms with Crippen LogP contribution in [-0.2, 0) is 19.1 Å². The number of carbonyl (C=O) groups is 3. The fraction of sp³-hybridized carbons (Fsp3) is 0.682. The van der Waals surface area contributed by atoms with Crippen LogP contribution in [0, 0.1) is 34.0 Å². The zero-order valence-corrected chi connectivity index (χ0v) is 16.2. The fourth-order valence-electron chi connectivity index (χ4n) is 7.28. The van der Waals surface area contributed by atoms with Crippen LogP contribution in [-0.4, -0.2) is 34.9 Å². The maximum absolute atomic E-state index is 13.9. The van der Waals surface area contributed by atoms with Crippen LogP contribution >= 0.6 is 0 Å². The molecule has 0 aromatic carbocycles. The van der Waals surface area contributed by atoms with Crippen molar-refractivity contribution in [1.82, 2.24) is 0 Å². The summed E-state index contributed by atoms with van der Waals surface area (Å²) in [5.41, 5.74) is -1.42. The lowest BCUT2D eigenvalue weighted by Crippen LogP contribution is -2.55. The molecule has 1 N–H and O–H groups in total. The van der Waals surface area contributed by atoms with Gasteiger partial charge in [-0.2, -0.15) is 0 Å². The lowest BCUT2D eigenvalue weighted by Gasteiger charge is -2.51. The monoisotopic (exact) mass is 370 g/mol. The van der Waals surface area contributed by atoms with Crippen molar-refractivity contribution in [3.8, 4) is 0 Å². The van der Waals surface area contributed by atoms with E-state index in [0.717, 1.165) is 12.8 Å². The molecule has 2 bridgehead atoms. The second kappa shape index (κ2) is 4.80. The Kier molecular flexibility index (Phi) is 3.09. The van der Waals surface area contributed by atoms with E-state index < -0.39 is 29.0 Å². The normalized spacial score (nSPS) is 46.7. The number of Topliss-reactive ketones (excluding diaryl/α,β-unsaturated/α-hetero) is 1. The van der Waals surface area contributed by atoms with Gasteiger partial charge in [-0.25, -0.2) is 0 Å². The number of hydrogen-bond acceptors (Lipinski definition) is 5. The SMILES string of the molecule is CC(C)[C@@]12C(=O)C=C[C@@H]1C1=C(C2=O)[C@@]23CCCC(C)(C)[C@@H]2[C@H](OC3=O)[C@H]1O. The van der Waals surface area contributed by atoms with E-state index in [1.807, 2.05) is 13.8 Å². The summed E-state index contributed by atoms with van der Waals surface area (Å²) in [5.74, 6) is -1.71. The zero-order chi connectivity index (χ0) is 19.5. The summed E-state index contributed by atoms with van der Waals surface area (Å²) in [5, 5.41) is 11.3. The van der Waals surface area contributed by atoms with Crippen molar-refractivity contribution >= 4 is 17.5 Å². The Morgan fingerprint density at radius 2 is 1.89 bits per heavy atom. The Hall–Kier alpha value is -1.75. The maximum atomic E-state index is 13.9. The lowest BCUT2D eigenvalue weighted by atomic mass is 9.49. The van der Waals surface area contributed by atoms with Gasteiger partial charge in [0, 0.05) is 17.4 Å². The second-order valence-electron chi connectivity index (χ2n) is 9.99. The highest BCUT2D eigenvalue weighted by molar-refractivity contribution is 6.25. The first kappa shape index (κ1) is 17.4. The molecule has 2 fully saturated rings. The van der Waals surface area contributed by atoms with Gasteiger partial charge in [0.25, 0.3) is 0 Å². The highest BCUT2D eigenvalue weighted by atomic mass is 16.6. The Labute approximate surface area is 158 Å². The number of carbonyl (C=O) groups excluding carboxylic acids is 3. The molecule has 0 unspecified atom stereocenters. The average molecular weight is 370 g/mol. The van der Waals surface area contributed by atoms with Crippen molar-refractivity contribution in [2.45, 2.75) is 59.2 Å². The van der Waals surface area contributed by atoms with Crippen molar-refractivity contribution in [1.29, 1.82) is 0 Å². The minimum atomic E-state index is -1.20. The second-order valence-corrected chi connectivity index (χ2v) is 9.99. The molecular formula is C22H26O5. The fourth-order valence-corrected chi connectivity index (χ4v) is 7.28. The molecule has 5 nitrogen and oxygen atoms in total. The number of esters is 1. The molecule has 144 valence electrons. The van der Waals surface area contributed by atoms with Gasteiger partial charge in [-0.1, -0.05) is 40.2 Å². The molecule has 27 heavy (non-hydrogen) atoms. The van der Waals surface area contributed by atoms with Crippen LogP contribution in [0.15, 0.2) is 23.3 Å². The Morgan fingerprint density at radius 3 is 2.56 bits per heavy atom. The van der Waals surface area contributed by atoms with Crippen molar-refractivity contribution in [3.63, 3.8) is 0 Å². The van der Waals surface area contributed by atoms with Gasteiger partial charge in [0.05, 0.1) is 0 Å². The number of aliphatic hydroxyl groups excluding tert-OH is 1. The zero-order valence-electron chi connectivity index (χ0n) is 16.2. The Morgan fingerprint density at radius 1 is 1.19 bits per heavy atom. The number of ether oxygens (including phenoxy) is 1. The van der Waals surface area contributed by atoms with Crippen LogP contribution in [0.4, 0.5) is 0 Å². The summed E-state index contributed by atoms with van der Waals surface area (Å²) in [7, 11) is 0. The smallest absolute Gasteiger partial charge is 0.317 e. The number of hydrogen-bond donors (Lipinski definition) is 1. The van der Waals surface area contributed by atoms with E-state index in [1.54, 1.807) is 6.08 Å². The van der Waals surface area contributed by atoms with Crippen molar-refractivity contribution in [3.05, 3.63) is 23.3 Å². The molecule has 5 rings (SSSR count). The van der Waals surface area contributed by atoms with E-state index in [9.17, 15) is 19.5 Å². The van der Waals surface area contributed by atoms with Crippen molar-refractivity contribution in [2.75, 3.05) is 0 Å². The third-order valence-corrected chi connectivity index (χ3v) is 8.25. The molecule has 1 saturated heterocycles. The van der Waals surface area contributed by atoms with Crippen LogP contribution < -0.4 is 0 Å². The Bertz CT molecular complexity index is 862. The molecule has 4 aliphatic carbocycles. The minimum Gasteiger partial charge on any atom is -0.458 e. The van der Waals surface area contributed by atoms with Gasteiger partial charge in [0.15, 0.2) is 11.6 Å². The Balaban J connectivity index is 1.81. The van der Waals surface area contributed by atoms with Gasteiger partial charge in [-0.05, 0) is 35.8 Å². The first-order valence-electron chi connectivity index (χ1n) is 10.0. The summed E-state index contributed by atoms with van der Waals surface area (Å²) < 4.78 is 5.73. The molecule has 0 aromatic heterocycles. The highest BCUT2D eigenvalue weighted by Gasteiger charge is 2.76. The van der Waals surface area contributed by atoms with E-state index in [1.165, 1.54) is 6.08 Å². The summed E-state index contributed by atoms with van der Waals surface area (Å²) in [6.45, 7) is 7.97. The molecule has 5 aliphatic rings. The van der Waals surface area contributed by atoms with E-state index in [2.05, 4.69) is 13.8 Å². The van der Waals surface area contributed by atoms with Crippen LogP contribution in [0.25, 0.3) is 0 Å². The minimum absolute atomic E-state index is 0.193. The van der Waals surface area contributed by atoms with E-state index in [0.29, 0.717) is 17.6 Å². The first-order valence-corrected chi connectivity index (χ1v) is 10.0. The summed E-state index contributed by atoms with van der Waals surface area (Å²) in [4.78, 5) is 40.0. The standard InChI is InChI=1S/C22H26O5/c1-10(2)22-11(6-7-12(22)23)13-14(18(22)25)21-9-5-8-20(3,4)17(21)16(15(13)24)27-19(21)26/h6-7,10-11,15-17,24H,5,8-9H2,1-4H3/t11-,15+,16-,17+,21+,22+/m1/s1. The van der Waals surface area contributed by atoms with Gasteiger partial charge in [0.2, 0.25) is 0 Å². The topological polar surface area (TPSA) is 80.7 Å². The molecule has 0 aromatic rings. The van der Waals surface area contributed by atoms with E-state index >= 15 is 0 Å². The molecule has 5 heteroatoms. The highest BCUT2D eigenvalue weighted by Crippen LogP contribution is 2.70. The van der Waals surface area contributed by atoms with Crippen LogP contribution in [0.2, 0.25) is 0 Å². The van der Waals surface area contributed by atoms with Crippen LogP contribution in [0.1, 0.15) is 47.0 Å². The van der Waals surface area contributed by atoms with Crippen LogP contribution in [0.5, 0.6) is 0 Å². The molecule has 0 radical (unpaired) electrons. The third kappa shape index (κ3) is 1.58. The largest absolute Gasteiger partial charge is 0.458 e. The number of rotatable bonds is 1. The number of allylic oxidation sites excluding steroid dienone is 2. The van der Waals surface area contributed by atoms with Gasteiger partial charge in [-0.3, -0.25) is 14.4 Å². The maximum Gasteiger partial charge on any atom is 0.317 e. The third-order valence-electron chi connectivity index (χ3n) is 8.25. The summed E-state index contributed by atoms with van der Waals surface area (Å²) in [6, 6.07) is 0. The predicted octanol–water partition coefficient (Wildman–Crippen LogP) is 2.38. The van der Waals surface area contributed by atoms with E-state index in [-0.39, 0.29) is 34.8 Å². The van der Waals surface area contributed by atoms with Gasteiger partial charge < -0.3 is 9.84 Å². The predicted molar refractivity (Wildman–Crippen MR) is 96.4 cm³/mol. The molecule has 6 atom stereocenters. The van der Waals surface area contributed by atoms with Gasteiger partial charge in [0.1, 0.15) is 23.0 Å². The molecule has 0 amide bonds. The van der Waals surface area contributed by atoms with E-state index in [4.69, 9.17) is 4.74 Å². The number of aliphatic hydroxyl groups is 1. The average Bonchev–Trinajstić information content (AvgIpc) is 3.15. The van der Waals surface area contributed by atoms with Crippen molar-refractivity contribution < 1.29 is 24.2 Å². The quantitative estimate of drug-likeness (QED) is 0.566. The molecule has 1 saturated carbocycles. The first-order chi connectivity index (χ1) is 12.6. The number of fused-ring (bicyclic) bond motifs is 2. The molecular weight excluding hydrogens is 344 g/mol. The number of ketones is 2. The molecule has 1 aliphatic heterocycles. The molecule has 1 heterocycles. The summed E-state index contributed by atoms with van der Waals surface area (Å²) >= 11 is 0. The summed E-state index contributed by atoms with van der Waals surface area (Å²) in [6.07, 6.45) is 3.91. The van der Waals surface area contributed by atoms with Gasteiger partial charge in [-0.15, -0.1) is 0 Å². The van der Waals surface area contributed by atoms with Gasteiger partial charge >= 0.3 is 5.97 Å². The van der Waals surface area contributed by atoms with Crippen molar-refractivity contribution in [2.24, 2.45) is 34.0 Å². The lowest BCUT2D eigenvalue weighted by molar-refractivity contribution is -0.151. The van der Waals surface area contributed by atoms with Crippen LogP contribution in [0.3, 0.4) is 0 Å².